The van der Waals surface area contributed by atoms with Gasteiger partial charge in [-0.15, -0.1) is 0 Å². The van der Waals surface area contributed by atoms with Crippen LogP contribution in [-0.2, 0) is 12.7 Å². The minimum Gasteiger partial charge on any atom is -0.396 e. The Morgan fingerprint density at radius 2 is 1.74 bits per heavy atom. The van der Waals surface area contributed by atoms with Gasteiger partial charge in [0.15, 0.2) is 5.82 Å². The van der Waals surface area contributed by atoms with Gasteiger partial charge in [-0.3, -0.25) is 9.67 Å². The Balaban J connectivity index is 2.02. The van der Waals surface area contributed by atoms with Gasteiger partial charge in [-0.2, -0.15) is 18.3 Å². The van der Waals surface area contributed by atoms with Crippen LogP contribution in [0.3, 0.4) is 0 Å². The number of halogens is 3. The van der Waals surface area contributed by atoms with Crippen molar-refractivity contribution in [3.63, 3.8) is 0 Å². The van der Waals surface area contributed by atoms with Gasteiger partial charge in [0.25, 0.3) is 0 Å². The van der Waals surface area contributed by atoms with E-state index in [-0.39, 0.29) is 18.1 Å². The maximum atomic E-state index is 13.2. The van der Waals surface area contributed by atoms with Crippen LogP contribution in [0, 0.1) is 0 Å². The normalized spacial score (nSPS) is 11.6. The van der Waals surface area contributed by atoms with Crippen LogP contribution < -0.4 is 5.73 Å². The van der Waals surface area contributed by atoms with Crippen molar-refractivity contribution in [3.8, 4) is 11.5 Å². The summed E-state index contributed by atoms with van der Waals surface area (Å²) in [6.07, 6.45) is 1.12. The third-order valence-electron chi connectivity index (χ3n) is 3.05. The summed E-state index contributed by atoms with van der Waals surface area (Å²) in [5.41, 5.74) is 5.61. The summed E-state index contributed by atoms with van der Waals surface area (Å²) in [5, 5.41) is 3.98. The van der Waals surface area contributed by atoms with E-state index in [2.05, 4.69) is 20.1 Å². The molecule has 0 unspecified atom stereocenters. The molecule has 9 heteroatoms. The van der Waals surface area contributed by atoms with Crippen LogP contribution in [0.1, 0.15) is 11.3 Å². The largest absolute Gasteiger partial charge is 0.433 e. The van der Waals surface area contributed by atoms with E-state index in [1.165, 1.54) is 24.8 Å². The Morgan fingerprint density at radius 3 is 2.35 bits per heavy atom. The number of rotatable bonds is 3. The quantitative estimate of drug-likeness (QED) is 0.801. The van der Waals surface area contributed by atoms with Gasteiger partial charge in [-0.1, -0.05) is 0 Å². The van der Waals surface area contributed by atoms with Crippen LogP contribution in [0.2, 0.25) is 0 Å². The van der Waals surface area contributed by atoms with Crippen LogP contribution in [0.25, 0.3) is 11.5 Å². The summed E-state index contributed by atoms with van der Waals surface area (Å²) in [6.45, 7) is -0.0354. The predicted octanol–water partition coefficient (Wildman–Crippen LogP) is 2.38. The topological polar surface area (TPSA) is 82.5 Å². The lowest BCUT2D eigenvalue weighted by atomic mass is 10.2. The second-order valence-corrected chi connectivity index (χ2v) is 4.77. The van der Waals surface area contributed by atoms with E-state index < -0.39 is 11.9 Å². The van der Waals surface area contributed by atoms with Crippen molar-refractivity contribution in [3.05, 3.63) is 54.2 Å². The molecule has 23 heavy (non-hydrogen) atoms. The number of nitrogen functional groups attached to an aromatic ring is 1. The van der Waals surface area contributed by atoms with Crippen LogP contribution in [0.15, 0.2) is 43.0 Å². The Kier molecular flexibility index (Phi) is 3.68. The molecule has 0 amide bonds. The van der Waals surface area contributed by atoms with Gasteiger partial charge in [0.2, 0.25) is 0 Å². The fraction of sp³-hybridized carbons (Fsp3) is 0.143. The lowest BCUT2D eigenvalue weighted by Crippen LogP contribution is -2.15. The van der Waals surface area contributed by atoms with Gasteiger partial charge < -0.3 is 5.73 Å². The molecule has 0 saturated carbocycles. The van der Waals surface area contributed by atoms with Gasteiger partial charge in [-0.25, -0.2) is 9.97 Å². The van der Waals surface area contributed by atoms with E-state index in [1.807, 2.05) is 0 Å². The van der Waals surface area contributed by atoms with Gasteiger partial charge in [0, 0.05) is 12.4 Å². The van der Waals surface area contributed by atoms with Gasteiger partial charge >= 0.3 is 6.18 Å². The molecule has 0 bridgehead atoms. The molecule has 3 aromatic rings. The molecule has 0 radical (unpaired) electrons. The molecule has 0 aliphatic rings. The first kappa shape index (κ1) is 14.9. The van der Waals surface area contributed by atoms with Gasteiger partial charge in [0.05, 0.1) is 24.6 Å². The van der Waals surface area contributed by atoms with Crippen LogP contribution in [-0.4, -0.2) is 24.7 Å². The molecule has 0 aromatic carbocycles. The molecule has 0 fully saturated rings. The zero-order chi connectivity index (χ0) is 16.4. The molecule has 0 saturated heterocycles. The predicted molar refractivity (Wildman–Crippen MR) is 76.0 cm³/mol. The Hall–Kier alpha value is -2.97. The minimum absolute atomic E-state index is 0.0337. The Morgan fingerprint density at radius 1 is 1.09 bits per heavy atom. The van der Waals surface area contributed by atoms with Gasteiger partial charge in [-0.05, 0) is 23.8 Å². The summed E-state index contributed by atoms with van der Waals surface area (Å²) in [7, 11) is 0. The van der Waals surface area contributed by atoms with Crippen LogP contribution >= 0.6 is 0 Å². The average molecular weight is 320 g/mol. The molecule has 2 N–H and O–H groups in total. The third-order valence-corrected chi connectivity index (χ3v) is 3.05. The molecule has 0 aliphatic heterocycles. The number of pyridine rings is 1. The number of hydrogen-bond acceptors (Lipinski definition) is 5. The molecule has 6 nitrogen and oxygen atoms in total. The summed E-state index contributed by atoms with van der Waals surface area (Å²) < 4.78 is 40.5. The van der Waals surface area contributed by atoms with Crippen molar-refractivity contribution < 1.29 is 13.2 Å². The number of hydrogen-bond donors (Lipinski definition) is 1. The lowest BCUT2D eigenvalue weighted by Gasteiger charge is -2.09. The average Bonchev–Trinajstić information content (AvgIpc) is 2.93. The van der Waals surface area contributed by atoms with Gasteiger partial charge in [0.1, 0.15) is 11.4 Å². The van der Waals surface area contributed by atoms with Crippen LogP contribution in [0.4, 0.5) is 18.9 Å². The van der Waals surface area contributed by atoms with E-state index in [0.29, 0.717) is 11.3 Å². The second-order valence-electron chi connectivity index (χ2n) is 4.77. The summed E-state index contributed by atoms with van der Waals surface area (Å²) in [5.74, 6) is 0.0816. The highest BCUT2D eigenvalue weighted by Gasteiger charge is 2.36. The van der Waals surface area contributed by atoms with Crippen molar-refractivity contribution >= 4 is 5.69 Å². The molecule has 3 rings (SSSR count). The van der Waals surface area contributed by atoms with E-state index >= 15 is 0 Å². The standard InChI is InChI=1S/C14H11F3N6/c15-14(16,17)12-5-11(13-20-6-10(18)7-21-13)22-23(12)8-9-1-3-19-4-2-9/h1-7H,8,18H2. The van der Waals surface area contributed by atoms with Crippen molar-refractivity contribution in [2.75, 3.05) is 5.73 Å². The molecule has 0 aliphatic carbocycles. The second kappa shape index (κ2) is 5.67. The van der Waals surface area contributed by atoms with Crippen molar-refractivity contribution in [1.82, 2.24) is 24.7 Å². The lowest BCUT2D eigenvalue weighted by molar-refractivity contribution is -0.144. The van der Waals surface area contributed by atoms with Crippen molar-refractivity contribution in [2.24, 2.45) is 0 Å². The smallest absolute Gasteiger partial charge is 0.396 e. The highest BCUT2D eigenvalue weighted by Crippen LogP contribution is 2.32. The highest BCUT2D eigenvalue weighted by molar-refractivity contribution is 5.51. The first-order valence-corrected chi connectivity index (χ1v) is 6.55. The van der Waals surface area contributed by atoms with Crippen molar-refractivity contribution in [1.29, 1.82) is 0 Å². The maximum absolute atomic E-state index is 13.2. The van der Waals surface area contributed by atoms with E-state index in [1.54, 1.807) is 12.1 Å². The third kappa shape index (κ3) is 3.28. The SMILES string of the molecule is Nc1cnc(-c2cc(C(F)(F)F)n(Cc3ccncc3)n2)nc1. The number of nitrogens with two attached hydrogens (primary N) is 1. The first-order valence-electron chi connectivity index (χ1n) is 6.55. The molecule has 3 aromatic heterocycles. The monoisotopic (exact) mass is 320 g/mol. The molecule has 118 valence electrons. The Labute approximate surface area is 128 Å². The number of anilines is 1. The highest BCUT2D eigenvalue weighted by atomic mass is 19.4. The maximum Gasteiger partial charge on any atom is 0.433 e. The number of alkyl halides is 3. The van der Waals surface area contributed by atoms with E-state index in [4.69, 9.17) is 5.73 Å². The summed E-state index contributed by atoms with van der Waals surface area (Å²) >= 11 is 0. The molecular formula is C14H11F3N6. The summed E-state index contributed by atoms with van der Waals surface area (Å²) in [6, 6.07) is 4.18. The number of aromatic nitrogens is 5. The molecule has 0 spiro atoms. The fourth-order valence-electron chi connectivity index (χ4n) is 2.01. The van der Waals surface area contributed by atoms with Crippen LogP contribution in [0.5, 0.6) is 0 Å². The minimum atomic E-state index is -4.54. The number of nitrogens with zero attached hydrogens (tertiary/aromatic N) is 5. The zero-order valence-corrected chi connectivity index (χ0v) is 11.7. The fourth-order valence-corrected chi connectivity index (χ4v) is 2.01. The van der Waals surface area contributed by atoms with E-state index in [9.17, 15) is 13.2 Å². The molecule has 0 atom stereocenters. The Bertz CT molecular complexity index is 796. The van der Waals surface area contributed by atoms with E-state index in [0.717, 1.165) is 10.7 Å². The summed E-state index contributed by atoms with van der Waals surface area (Å²) in [4.78, 5) is 11.6. The molecular weight excluding hydrogens is 309 g/mol. The first-order chi connectivity index (χ1) is 10.9. The van der Waals surface area contributed by atoms with Crippen molar-refractivity contribution in [2.45, 2.75) is 12.7 Å². The molecule has 3 heterocycles. The zero-order valence-electron chi connectivity index (χ0n) is 11.7.